The van der Waals surface area contributed by atoms with Crippen LogP contribution in [-0.2, 0) is 4.74 Å². The number of nitrogens with one attached hydrogen (secondary N) is 3. The van der Waals surface area contributed by atoms with Crippen LogP contribution in [0.2, 0.25) is 0 Å². The van der Waals surface area contributed by atoms with Crippen molar-refractivity contribution in [1.29, 1.82) is 0 Å². The molecule has 2 aromatic carbocycles. The van der Waals surface area contributed by atoms with Crippen LogP contribution < -0.4 is 21.1 Å². The summed E-state index contributed by atoms with van der Waals surface area (Å²) in [5.74, 6) is 0.771. The first kappa shape index (κ1) is 25.9. The summed E-state index contributed by atoms with van der Waals surface area (Å²) in [6.45, 7) is 5.61. The van der Waals surface area contributed by atoms with E-state index in [2.05, 4.69) is 72.9 Å². The molecule has 0 radical (unpaired) electrons. The number of H-pyrrole nitrogens is 1. The van der Waals surface area contributed by atoms with Crippen LogP contribution in [0.15, 0.2) is 85.2 Å². The number of hydrogen-bond donors (Lipinski definition) is 3. The van der Waals surface area contributed by atoms with E-state index in [0.717, 1.165) is 52.1 Å². The van der Waals surface area contributed by atoms with Crippen molar-refractivity contribution in [2.45, 2.75) is 32.5 Å². The highest BCUT2D eigenvalue weighted by Crippen LogP contribution is 2.52. The molecule has 200 valence electrons. The zero-order chi connectivity index (χ0) is 26.8. The number of ether oxygens (including phenoxy) is 1. The Balaban J connectivity index is 1.28. The smallest absolute Gasteiger partial charge is 0.250 e. The van der Waals surface area contributed by atoms with Gasteiger partial charge >= 0.3 is 0 Å². The molecule has 1 atom stereocenters. The molecule has 4 heterocycles. The van der Waals surface area contributed by atoms with E-state index in [1.54, 1.807) is 35.8 Å². The molecule has 0 bridgehead atoms. The fourth-order valence-electron chi connectivity index (χ4n) is 4.83. The van der Waals surface area contributed by atoms with Crippen LogP contribution in [0.1, 0.15) is 17.6 Å². The minimum Gasteiger partial charge on any atom is -0.378 e. The molecule has 0 saturated carbocycles. The second-order valence-electron chi connectivity index (χ2n) is 9.53. The third kappa shape index (κ3) is 5.69. The molecule has 0 aliphatic carbocycles. The van der Waals surface area contributed by atoms with Gasteiger partial charge < -0.3 is 25.3 Å². The Kier molecular flexibility index (Phi) is 7.60. The average molecular weight is 559 g/mol. The van der Waals surface area contributed by atoms with E-state index in [0.29, 0.717) is 19.8 Å². The largest absolute Gasteiger partial charge is 0.378 e. The van der Waals surface area contributed by atoms with Crippen molar-refractivity contribution >= 4 is 34.9 Å². The molecule has 6 rings (SSSR count). The van der Waals surface area contributed by atoms with Crippen LogP contribution in [0, 0.1) is 6.92 Å². The van der Waals surface area contributed by atoms with E-state index in [1.165, 1.54) is 14.7 Å². The second kappa shape index (κ2) is 11.4. The first-order valence-corrected chi connectivity index (χ1v) is 14.6. The van der Waals surface area contributed by atoms with Gasteiger partial charge in [0.1, 0.15) is 0 Å². The van der Waals surface area contributed by atoms with Gasteiger partial charge in [-0.3, -0.25) is 4.79 Å². The summed E-state index contributed by atoms with van der Waals surface area (Å²) < 4.78 is 5.50. The number of morpholine rings is 1. The molecule has 8 nitrogen and oxygen atoms in total. The van der Waals surface area contributed by atoms with Crippen molar-refractivity contribution in [2.24, 2.45) is 0 Å². The topological polar surface area (TPSA) is 95.2 Å². The van der Waals surface area contributed by atoms with Gasteiger partial charge in [0.2, 0.25) is 5.56 Å². The molecule has 0 amide bonds. The van der Waals surface area contributed by atoms with Gasteiger partial charge in [0.25, 0.3) is 0 Å². The van der Waals surface area contributed by atoms with Crippen LogP contribution in [-0.4, -0.2) is 54.8 Å². The lowest BCUT2D eigenvalue weighted by Crippen LogP contribution is -2.36. The Bertz CT molecular complexity index is 1550. The highest BCUT2D eigenvalue weighted by molar-refractivity contribution is 8.05. The van der Waals surface area contributed by atoms with E-state index < -0.39 is 0 Å². The number of fused-ring (bicyclic) bond motifs is 2. The number of pyridine rings is 1. The first-order valence-electron chi connectivity index (χ1n) is 13.0. The highest BCUT2D eigenvalue weighted by Gasteiger charge is 2.23. The Morgan fingerprint density at radius 1 is 1.05 bits per heavy atom. The predicted molar refractivity (Wildman–Crippen MR) is 157 cm³/mol. The standard InChI is InChI=1S/C29H30N6O2S2/c1-18-8-9-31-29(32-18)23(17-30-2)33-19-6-7-24-26(14-19)38-25-5-3-4-21(28(25)39-24)22-15-20(16-27(36)34-22)35-10-12-37-13-11-35/h3-9,14-16,23,30,33H,10-13,17H2,1-2H3,(H,34,36). The maximum atomic E-state index is 12.6. The van der Waals surface area contributed by atoms with Crippen molar-refractivity contribution in [3.63, 3.8) is 0 Å². The van der Waals surface area contributed by atoms with Crippen LogP contribution in [0.5, 0.6) is 0 Å². The minimum absolute atomic E-state index is 0.0522. The van der Waals surface area contributed by atoms with Gasteiger partial charge in [-0.1, -0.05) is 35.7 Å². The highest BCUT2D eigenvalue weighted by atomic mass is 32.2. The molecule has 1 unspecified atom stereocenters. The number of hydrogen-bond acceptors (Lipinski definition) is 9. The number of rotatable bonds is 7. The molecular weight excluding hydrogens is 528 g/mol. The predicted octanol–water partition coefficient (Wildman–Crippen LogP) is 4.97. The third-order valence-electron chi connectivity index (χ3n) is 6.72. The lowest BCUT2D eigenvalue weighted by molar-refractivity contribution is 0.122. The molecule has 1 saturated heterocycles. The molecule has 4 aromatic rings. The van der Waals surface area contributed by atoms with Crippen molar-refractivity contribution in [1.82, 2.24) is 20.3 Å². The SMILES string of the molecule is CNCC(Nc1ccc2c(c1)Sc1cccc(-c3cc(N4CCOCC4)cc(=O)[nH]3)c1S2)c1nccc(C)n1. The zero-order valence-electron chi connectivity index (χ0n) is 21.9. The van der Waals surface area contributed by atoms with E-state index in [4.69, 9.17) is 4.74 Å². The summed E-state index contributed by atoms with van der Waals surface area (Å²) in [6, 6.07) is 18.4. The van der Waals surface area contributed by atoms with Crippen LogP contribution in [0.25, 0.3) is 11.3 Å². The molecule has 2 aliphatic rings. The fourth-order valence-corrected chi connectivity index (χ4v) is 7.24. The van der Waals surface area contributed by atoms with E-state index >= 15 is 0 Å². The molecule has 3 N–H and O–H groups in total. The van der Waals surface area contributed by atoms with Crippen molar-refractivity contribution in [3.8, 4) is 11.3 Å². The van der Waals surface area contributed by atoms with Gasteiger partial charge in [0, 0.05) is 74.1 Å². The molecule has 0 spiro atoms. The van der Waals surface area contributed by atoms with Gasteiger partial charge in [-0.25, -0.2) is 9.97 Å². The van der Waals surface area contributed by atoms with Gasteiger partial charge in [0.05, 0.1) is 24.9 Å². The van der Waals surface area contributed by atoms with Crippen molar-refractivity contribution < 1.29 is 4.74 Å². The quantitative estimate of drug-likeness (QED) is 0.256. The Morgan fingerprint density at radius 3 is 2.74 bits per heavy atom. The van der Waals surface area contributed by atoms with E-state index in [9.17, 15) is 4.79 Å². The van der Waals surface area contributed by atoms with Gasteiger partial charge in [0.15, 0.2) is 5.82 Å². The van der Waals surface area contributed by atoms with Crippen LogP contribution >= 0.6 is 23.5 Å². The summed E-state index contributed by atoms with van der Waals surface area (Å²) in [7, 11) is 1.93. The Labute approximate surface area is 236 Å². The molecular formula is C29H30N6O2S2. The average Bonchev–Trinajstić information content (AvgIpc) is 2.95. The van der Waals surface area contributed by atoms with Gasteiger partial charge in [-0.2, -0.15) is 0 Å². The van der Waals surface area contributed by atoms with Crippen LogP contribution in [0.3, 0.4) is 0 Å². The molecule has 2 aromatic heterocycles. The monoisotopic (exact) mass is 558 g/mol. The summed E-state index contributed by atoms with van der Waals surface area (Å²) in [6.07, 6.45) is 1.81. The molecule has 1 fully saturated rings. The lowest BCUT2D eigenvalue weighted by Gasteiger charge is -2.29. The third-order valence-corrected chi connectivity index (χ3v) is 9.32. The summed E-state index contributed by atoms with van der Waals surface area (Å²) in [4.78, 5) is 31.8. The maximum absolute atomic E-state index is 12.6. The zero-order valence-corrected chi connectivity index (χ0v) is 23.5. The molecule has 39 heavy (non-hydrogen) atoms. The number of aromatic nitrogens is 3. The number of likely N-dealkylation sites (N-methyl/N-ethyl adjacent to an activating group) is 1. The first-order chi connectivity index (χ1) is 19.1. The lowest BCUT2D eigenvalue weighted by atomic mass is 10.1. The fraction of sp³-hybridized carbons (Fsp3) is 0.276. The second-order valence-corrected chi connectivity index (χ2v) is 11.7. The number of aromatic amines is 1. The number of benzene rings is 2. The Hall–Kier alpha value is -3.31. The van der Waals surface area contributed by atoms with Crippen molar-refractivity contribution in [2.75, 3.05) is 50.1 Å². The van der Waals surface area contributed by atoms with Crippen LogP contribution in [0.4, 0.5) is 11.4 Å². The van der Waals surface area contributed by atoms with E-state index in [1.807, 2.05) is 20.0 Å². The normalized spacial score (nSPS) is 15.4. The molecule has 10 heteroatoms. The minimum atomic E-state index is -0.0927. The summed E-state index contributed by atoms with van der Waals surface area (Å²) in [5, 5.41) is 6.86. The Morgan fingerprint density at radius 2 is 1.92 bits per heavy atom. The van der Waals surface area contributed by atoms with Crippen molar-refractivity contribution in [3.05, 3.63) is 82.7 Å². The number of nitrogens with zero attached hydrogens (tertiary/aromatic N) is 3. The van der Waals surface area contributed by atoms with Gasteiger partial charge in [-0.15, -0.1) is 0 Å². The summed E-state index contributed by atoms with van der Waals surface area (Å²) in [5.41, 5.74) is 4.69. The number of aryl methyl sites for hydroxylation is 1. The maximum Gasteiger partial charge on any atom is 0.250 e. The molecule has 2 aliphatic heterocycles. The van der Waals surface area contributed by atoms with E-state index in [-0.39, 0.29) is 11.6 Å². The summed E-state index contributed by atoms with van der Waals surface area (Å²) >= 11 is 3.50. The number of anilines is 2. The van der Waals surface area contributed by atoms with Gasteiger partial charge in [-0.05, 0) is 50.4 Å².